The number of sulfonamides is 1. The Kier molecular flexibility index (Phi) is 5.38. The molecule has 1 aliphatic heterocycles. The van der Waals surface area contributed by atoms with E-state index in [2.05, 4.69) is 14.9 Å². The molecule has 3 rings (SSSR count). The number of carbonyl (C=O) groups excluding carboxylic acids is 2. The zero-order chi connectivity index (χ0) is 19.6. The minimum Gasteiger partial charge on any atom is -0.425 e. The van der Waals surface area contributed by atoms with Crippen LogP contribution >= 0.6 is 0 Å². The monoisotopic (exact) mass is 392 g/mol. The molecule has 0 spiro atoms. The molecule has 1 aromatic carbocycles. The number of hydrogen-bond donors (Lipinski definition) is 1. The summed E-state index contributed by atoms with van der Waals surface area (Å²) < 4.78 is 32.6. The molecule has 0 atom stereocenters. The fourth-order valence-electron chi connectivity index (χ4n) is 2.62. The van der Waals surface area contributed by atoms with Crippen molar-refractivity contribution in [1.82, 2.24) is 14.9 Å². The van der Waals surface area contributed by atoms with Crippen molar-refractivity contribution >= 4 is 27.5 Å². The second kappa shape index (κ2) is 7.57. The van der Waals surface area contributed by atoms with Gasteiger partial charge in [0.25, 0.3) is 0 Å². The van der Waals surface area contributed by atoms with E-state index in [1.165, 1.54) is 24.3 Å². The first-order chi connectivity index (χ1) is 12.8. The van der Waals surface area contributed by atoms with Crippen LogP contribution in [0.1, 0.15) is 44.4 Å². The molecule has 1 aliphatic rings. The van der Waals surface area contributed by atoms with E-state index in [1.54, 1.807) is 0 Å². The lowest BCUT2D eigenvalue weighted by molar-refractivity contribution is -0.121. The first-order valence-electron chi connectivity index (χ1n) is 8.56. The molecule has 144 valence electrons. The van der Waals surface area contributed by atoms with E-state index in [0.717, 1.165) is 4.90 Å². The maximum absolute atomic E-state index is 12.4. The van der Waals surface area contributed by atoms with Gasteiger partial charge in [0, 0.05) is 31.7 Å². The summed E-state index contributed by atoms with van der Waals surface area (Å²) in [6, 6.07) is 5.62. The summed E-state index contributed by atoms with van der Waals surface area (Å²) >= 11 is 0. The van der Waals surface area contributed by atoms with E-state index in [-0.39, 0.29) is 48.4 Å². The van der Waals surface area contributed by atoms with Gasteiger partial charge in [-0.1, -0.05) is 13.8 Å². The largest absolute Gasteiger partial charge is 0.425 e. The van der Waals surface area contributed by atoms with E-state index < -0.39 is 10.0 Å². The maximum Gasteiger partial charge on any atom is 0.240 e. The van der Waals surface area contributed by atoms with Crippen LogP contribution in [0, 0.1) is 0 Å². The van der Waals surface area contributed by atoms with Crippen LogP contribution in [0.25, 0.3) is 0 Å². The van der Waals surface area contributed by atoms with E-state index in [0.29, 0.717) is 17.5 Å². The highest BCUT2D eigenvalue weighted by molar-refractivity contribution is 7.89. The summed E-state index contributed by atoms with van der Waals surface area (Å²) in [6.07, 6.45) is 0.622. The van der Waals surface area contributed by atoms with Crippen molar-refractivity contribution in [2.24, 2.45) is 0 Å². The molecule has 9 nitrogen and oxygen atoms in total. The first kappa shape index (κ1) is 19.2. The molecule has 2 amide bonds. The highest BCUT2D eigenvalue weighted by atomic mass is 32.2. The number of hydrogen-bond acceptors (Lipinski definition) is 7. The molecule has 0 unspecified atom stereocenters. The number of anilines is 1. The molecule has 0 radical (unpaired) electrons. The van der Waals surface area contributed by atoms with Gasteiger partial charge in [0.2, 0.25) is 33.6 Å². The van der Waals surface area contributed by atoms with Crippen LogP contribution < -0.4 is 9.62 Å². The lowest BCUT2D eigenvalue weighted by atomic mass is 10.2. The standard InChI is InChI=1S/C17H20N4O5S/c1-11(2)17-20-19-14(26-17)9-10-18-27(24,25)13-5-3-12(4-6-13)21-15(22)7-8-16(21)23/h3-6,11,18H,7-10H2,1-2H3. The lowest BCUT2D eigenvalue weighted by Crippen LogP contribution is -2.29. The van der Waals surface area contributed by atoms with Crippen molar-refractivity contribution < 1.29 is 22.4 Å². The van der Waals surface area contributed by atoms with Crippen molar-refractivity contribution in [2.45, 2.75) is 43.9 Å². The Morgan fingerprint density at radius 2 is 1.74 bits per heavy atom. The Balaban J connectivity index is 1.62. The number of amides is 2. The molecule has 1 fully saturated rings. The first-order valence-corrected chi connectivity index (χ1v) is 10.0. The fourth-order valence-corrected chi connectivity index (χ4v) is 3.65. The second-order valence-electron chi connectivity index (χ2n) is 6.45. The average molecular weight is 392 g/mol. The van der Waals surface area contributed by atoms with Crippen LogP contribution in [0.3, 0.4) is 0 Å². The number of carbonyl (C=O) groups is 2. The molecular formula is C17H20N4O5S. The van der Waals surface area contributed by atoms with Gasteiger partial charge in [-0.05, 0) is 24.3 Å². The number of imide groups is 1. The normalized spacial score (nSPS) is 15.1. The van der Waals surface area contributed by atoms with Crippen molar-refractivity contribution in [1.29, 1.82) is 0 Å². The number of aromatic nitrogens is 2. The molecule has 2 heterocycles. The van der Waals surface area contributed by atoms with Gasteiger partial charge in [0.05, 0.1) is 10.6 Å². The molecule has 1 aromatic heterocycles. The van der Waals surface area contributed by atoms with E-state index in [9.17, 15) is 18.0 Å². The van der Waals surface area contributed by atoms with Gasteiger partial charge in [-0.25, -0.2) is 13.1 Å². The number of benzene rings is 1. The zero-order valence-electron chi connectivity index (χ0n) is 15.0. The van der Waals surface area contributed by atoms with Crippen LogP contribution in [-0.2, 0) is 26.0 Å². The topological polar surface area (TPSA) is 122 Å². The number of nitrogens with one attached hydrogen (secondary N) is 1. The van der Waals surface area contributed by atoms with Crippen molar-refractivity contribution in [3.8, 4) is 0 Å². The summed E-state index contributed by atoms with van der Waals surface area (Å²) in [7, 11) is -3.74. The lowest BCUT2D eigenvalue weighted by Gasteiger charge is -2.14. The van der Waals surface area contributed by atoms with E-state index >= 15 is 0 Å². The Hall–Kier alpha value is -2.59. The van der Waals surface area contributed by atoms with Gasteiger partial charge in [0.15, 0.2) is 0 Å². The Morgan fingerprint density at radius 1 is 1.11 bits per heavy atom. The third-order valence-corrected chi connectivity index (χ3v) is 5.54. The molecule has 27 heavy (non-hydrogen) atoms. The van der Waals surface area contributed by atoms with Crippen LogP contribution in [0.15, 0.2) is 33.6 Å². The molecular weight excluding hydrogens is 372 g/mol. The minimum absolute atomic E-state index is 0.0405. The summed E-state index contributed by atoms with van der Waals surface area (Å²) in [5, 5.41) is 7.77. The molecule has 0 saturated carbocycles. The molecule has 10 heteroatoms. The highest BCUT2D eigenvalue weighted by Crippen LogP contribution is 2.24. The third-order valence-electron chi connectivity index (χ3n) is 4.06. The quantitative estimate of drug-likeness (QED) is 0.706. The molecule has 0 aliphatic carbocycles. The predicted octanol–water partition coefficient (Wildman–Crippen LogP) is 1.37. The highest BCUT2D eigenvalue weighted by Gasteiger charge is 2.30. The van der Waals surface area contributed by atoms with Crippen LogP contribution in [0.4, 0.5) is 5.69 Å². The van der Waals surface area contributed by atoms with Crippen molar-refractivity contribution in [3.63, 3.8) is 0 Å². The van der Waals surface area contributed by atoms with Gasteiger partial charge < -0.3 is 4.42 Å². The van der Waals surface area contributed by atoms with Gasteiger partial charge in [-0.3, -0.25) is 14.5 Å². The Bertz CT molecular complexity index is 934. The smallest absolute Gasteiger partial charge is 0.240 e. The summed E-state index contributed by atoms with van der Waals surface area (Å²) in [5.74, 6) is 0.413. The van der Waals surface area contributed by atoms with Crippen molar-refractivity contribution in [3.05, 3.63) is 36.0 Å². The van der Waals surface area contributed by atoms with Gasteiger partial charge in [-0.15, -0.1) is 10.2 Å². The Morgan fingerprint density at radius 3 is 2.30 bits per heavy atom. The minimum atomic E-state index is -3.74. The number of rotatable bonds is 7. The summed E-state index contributed by atoms with van der Waals surface area (Å²) in [6.45, 7) is 3.95. The van der Waals surface area contributed by atoms with E-state index in [4.69, 9.17) is 4.42 Å². The third kappa shape index (κ3) is 4.22. The van der Waals surface area contributed by atoms with Crippen LogP contribution in [0.5, 0.6) is 0 Å². The predicted molar refractivity (Wildman–Crippen MR) is 95.4 cm³/mol. The number of nitrogens with zero attached hydrogens (tertiary/aromatic N) is 3. The average Bonchev–Trinajstić information content (AvgIpc) is 3.22. The van der Waals surface area contributed by atoms with Gasteiger partial charge >= 0.3 is 0 Å². The molecule has 2 aromatic rings. The van der Waals surface area contributed by atoms with Crippen LogP contribution in [-0.4, -0.2) is 37.0 Å². The summed E-state index contributed by atoms with van der Waals surface area (Å²) in [4.78, 5) is 24.6. The molecule has 1 saturated heterocycles. The SMILES string of the molecule is CC(C)c1nnc(CCNS(=O)(=O)c2ccc(N3C(=O)CCC3=O)cc2)o1. The second-order valence-corrected chi connectivity index (χ2v) is 8.22. The van der Waals surface area contributed by atoms with Crippen molar-refractivity contribution in [2.75, 3.05) is 11.4 Å². The Labute approximate surface area is 156 Å². The molecule has 0 bridgehead atoms. The maximum atomic E-state index is 12.4. The summed E-state index contributed by atoms with van der Waals surface area (Å²) in [5.41, 5.74) is 0.369. The van der Waals surface area contributed by atoms with Crippen LogP contribution in [0.2, 0.25) is 0 Å². The van der Waals surface area contributed by atoms with Gasteiger partial charge in [0.1, 0.15) is 0 Å². The van der Waals surface area contributed by atoms with E-state index in [1.807, 2.05) is 13.8 Å². The zero-order valence-corrected chi connectivity index (χ0v) is 15.8. The fraction of sp³-hybridized carbons (Fsp3) is 0.412. The van der Waals surface area contributed by atoms with Gasteiger partial charge in [-0.2, -0.15) is 0 Å². The molecule has 1 N–H and O–H groups in total.